The number of benzene rings is 2. The summed E-state index contributed by atoms with van der Waals surface area (Å²) in [7, 11) is 0. The third-order valence-electron chi connectivity index (χ3n) is 8.10. The molecule has 2 heterocycles. The smallest absolute Gasteiger partial charge is 0.235 e. The number of likely N-dealkylation sites (N-methyl/N-ethyl adjacent to an activating group) is 1. The molecule has 1 N–H and O–H groups in total. The summed E-state index contributed by atoms with van der Waals surface area (Å²) in [6.07, 6.45) is 2.72. The van der Waals surface area contributed by atoms with Gasteiger partial charge in [-0.3, -0.25) is 4.79 Å². The highest BCUT2D eigenvalue weighted by Gasteiger charge is 2.51. The van der Waals surface area contributed by atoms with Crippen molar-refractivity contribution in [3.8, 4) is 11.5 Å². The molecule has 1 atom stereocenters. The van der Waals surface area contributed by atoms with Crippen molar-refractivity contribution in [2.24, 2.45) is 5.41 Å². The zero-order chi connectivity index (χ0) is 24.8. The molecule has 0 aromatic heterocycles. The first-order valence-electron chi connectivity index (χ1n) is 13.1. The van der Waals surface area contributed by atoms with Gasteiger partial charge in [0.05, 0.1) is 5.41 Å². The summed E-state index contributed by atoms with van der Waals surface area (Å²) < 4.78 is 11.0. The van der Waals surface area contributed by atoms with E-state index in [4.69, 9.17) is 9.47 Å². The fourth-order valence-electron chi connectivity index (χ4n) is 5.65. The SMILES string of the molecule is CCN(CC)CCN1c2ccc(NC(=O)C3(c4ccc5c(c4)OCO5)CC3)cc2CC1C(C)(C)C. The average molecular weight is 478 g/mol. The summed E-state index contributed by atoms with van der Waals surface area (Å²) in [5.41, 5.74) is 4.24. The van der Waals surface area contributed by atoms with Gasteiger partial charge in [0.25, 0.3) is 0 Å². The predicted octanol–water partition coefficient (Wildman–Crippen LogP) is 5.20. The van der Waals surface area contributed by atoms with Crippen LogP contribution >= 0.6 is 0 Å². The standard InChI is InChI=1S/C29H39N3O3/c1-6-31(7-2)14-15-32-23-10-9-22(16-20(23)17-26(32)28(3,4)5)30-27(33)29(12-13-29)21-8-11-24-25(18-21)35-19-34-24/h8-11,16,18,26H,6-7,12-15,17,19H2,1-5H3,(H,30,33). The lowest BCUT2D eigenvalue weighted by Crippen LogP contribution is -2.45. The van der Waals surface area contributed by atoms with Gasteiger partial charge in [-0.2, -0.15) is 0 Å². The summed E-state index contributed by atoms with van der Waals surface area (Å²) in [5.74, 6) is 1.56. The molecule has 2 aromatic carbocycles. The van der Waals surface area contributed by atoms with Crippen LogP contribution in [0.25, 0.3) is 0 Å². The van der Waals surface area contributed by atoms with Crippen molar-refractivity contribution in [1.29, 1.82) is 0 Å². The number of rotatable bonds is 8. The minimum Gasteiger partial charge on any atom is -0.454 e. The number of amides is 1. The maximum atomic E-state index is 13.4. The second-order valence-corrected chi connectivity index (χ2v) is 11.3. The molecule has 1 unspecified atom stereocenters. The van der Waals surface area contributed by atoms with Crippen LogP contribution in [0.5, 0.6) is 11.5 Å². The van der Waals surface area contributed by atoms with Gasteiger partial charge in [0.15, 0.2) is 11.5 Å². The number of nitrogens with zero attached hydrogens (tertiary/aromatic N) is 2. The lowest BCUT2D eigenvalue weighted by molar-refractivity contribution is -0.118. The number of hydrogen-bond donors (Lipinski definition) is 1. The quantitative estimate of drug-likeness (QED) is 0.566. The van der Waals surface area contributed by atoms with Gasteiger partial charge >= 0.3 is 0 Å². The van der Waals surface area contributed by atoms with Crippen molar-refractivity contribution >= 4 is 17.3 Å². The van der Waals surface area contributed by atoms with Crippen molar-refractivity contribution < 1.29 is 14.3 Å². The van der Waals surface area contributed by atoms with Crippen LogP contribution < -0.4 is 19.7 Å². The maximum Gasteiger partial charge on any atom is 0.235 e. The molecule has 0 saturated heterocycles. The van der Waals surface area contributed by atoms with Crippen LogP contribution in [0.2, 0.25) is 0 Å². The number of hydrogen-bond acceptors (Lipinski definition) is 5. The largest absolute Gasteiger partial charge is 0.454 e. The Kier molecular flexibility index (Phi) is 6.20. The van der Waals surface area contributed by atoms with E-state index in [0.717, 1.165) is 68.2 Å². The Hall–Kier alpha value is -2.73. The lowest BCUT2D eigenvalue weighted by Gasteiger charge is -2.38. The van der Waals surface area contributed by atoms with Gasteiger partial charge in [-0.15, -0.1) is 0 Å². The molecule has 0 bridgehead atoms. The summed E-state index contributed by atoms with van der Waals surface area (Å²) in [6, 6.07) is 12.8. The van der Waals surface area contributed by atoms with Crippen molar-refractivity contribution in [3.63, 3.8) is 0 Å². The average Bonchev–Trinajstić information content (AvgIpc) is 3.36. The molecule has 0 radical (unpaired) electrons. The summed E-state index contributed by atoms with van der Waals surface area (Å²) in [6.45, 7) is 15.9. The number of carbonyl (C=O) groups is 1. The first kappa shape index (κ1) is 24.0. The Labute approximate surface area is 209 Å². The Bertz CT molecular complexity index is 1100. The van der Waals surface area contributed by atoms with Gasteiger partial charge in [-0.25, -0.2) is 0 Å². The Morgan fingerprint density at radius 2 is 1.83 bits per heavy atom. The number of fused-ring (bicyclic) bond motifs is 2. The number of ether oxygens (including phenoxy) is 2. The molecule has 1 aliphatic carbocycles. The Morgan fingerprint density at radius 1 is 1.09 bits per heavy atom. The minimum atomic E-state index is -0.469. The van der Waals surface area contributed by atoms with E-state index in [9.17, 15) is 4.79 Å². The fraction of sp³-hybridized carbons (Fsp3) is 0.552. The third-order valence-corrected chi connectivity index (χ3v) is 8.10. The molecule has 0 spiro atoms. The van der Waals surface area contributed by atoms with Gasteiger partial charge in [0.2, 0.25) is 12.7 Å². The van der Waals surface area contributed by atoms with Crippen LogP contribution in [0.1, 0.15) is 58.6 Å². The van der Waals surface area contributed by atoms with Crippen LogP contribution in [-0.2, 0) is 16.6 Å². The number of nitrogens with one attached hydrogen (secondary N) is 1. The predicted molar refractivity (Wildman–Crippen MR) is 141 cm³/mol. The van der Waals surface area contributed by atoms with Crippen molar-refractivity contribution in [1.82, 2.24) is 4.90 Å². The maximum absolute atomic E-state index is 13.4. The van der Waals surface area contributed by atoms with Gasteiger partial charge < -0.3 is 24.6 Å². The van der Waals surface area contributed by atoms with E-state index in [1.807, 2.05) is 18.2 Å². The topological polar surface area (TPSA) is 54.0 Å². The highest BCUT2D eigenvalue weighted by Crippen LogP contribution is 2.51. The van der Waals surface area contributed by atoms with Crippen LogP contribution in [0.15, 0.2) is 36.4 Å². The number of anilines is 2. The minimum absolute atomic E-state index is 0.0695. The molecule has 2 aromatic rings. The van der Waals surface area contributed by atoms with Crippen molar-refractivity contribution in [3.05, 3.63) is 47.5 Å². The molecule has 35 heavy (non-hydrogen) atoms. The highest BCUT2D eigenvalue weighted by molar-refractivity contribution is 6.01. The molecular formula is C29H39N3O3. The second kappa shape index (κ2) is 9.05. The van der Waals surface area contributed by atoms with Gasteiger partial charge in [-0.05, 0) is 79.2 Å². The molecule has 188 valence electrons. The van der Waals surface area contributed by atoms with Crippen molar-refractivity contribution in [2.45, 2.75) is 65.3 Å². The molecule has 3 aliphatic rings. The van der Waals surface area contributed by atoms with Crippen LogP contribution in [0, 0.1) is 5.41 Å². The molecule has 6 nitrogen and oxygen atoms in total. The van der Waals surface area contributed by atoms with E-state index in [-0.39, 0.29) is 18.1 Å². The zero-order valence-electron chi connectivity index (χ0n) is 21.8. The van der Waals surface area contributed by atoms with E-state index in [1.54, 1.807) is 0 Å². The van der Waals surface area contributed by atoms with E-state index in [0.29, 0.717) is 6.04 Å². The normalized spacial score (nSPS) is 19.7. The van der Waals surface area contributed by atoms with Crippen LogP contribution in [0.4, 0.5) is 11.4 Å². The summed E-state index contributed by atoms with van der Waals surface area (Å²) in [4.78, 5) is 18.5. The second-order valence-electron chi connectivity index (χ2n) is 11.3. The summed E-state index contributed by atoms with van der Waals surface area (Å²) >= 11 is 0. The van der Waals surface area contributed by atoms with E-state index in [2.05, 4.69) is 67.9 Å². The molecule has 1 fully saturated rings. The third kappa shape index (κ3) is 4.49. The molecule has 2 aliphatic heterocycles. The van der Waals surface area contributed by atoms with Crippen molar-refractivity contribution in [2.75, 3.05) is 43.2 Å². The fourth-order valence-corrected chi connectivity index (χ4v) is 5.65. The van der Waals surface area contributed by atoms with Gasteiger partial charge in [-0.1, -0.05) is 40.7 Å². The Balaban J connectivity index is 1.33. The highest BCUT2D eigenvalue weighted by atomic mass is 16.7. The first-order valence-corrected chi connectivity index (χ1v) is 13.1. The van der Waals surface area contributed by atoms with E-state index >= 15 is 0 Å². The van der Waals surface area contributed by atoms with E-state index in [1.165, 1.54) is 11.3 Å². The monoisotopic (exact) mass is 477 g/mol. The summed E-state index contributed by atoms with van der Waals surface area (Å²) in [5, 5.41) is 3.24. The Morgan fingerprint density at radius 3 is 2.51 bits per heavy atom. The van der Waals surface area contributed by atoms with Gasteiger partial charge in [0.1, 0.15) is 0 Å². The molecular weight excluding hydrogens is 438 g/mol. The first-order chi connectivity index (χ1) is 16.7. The zero-order valence-corrected chi connectivity index (χ0v) is 21.8. The molecule has 6 heteroatoms. The lowest BCUT2D eigenvalue weighted by atomic mass is 9.84. The molecule has 1 saturated carbocycles. The number of carbonyl (C=O) groups excluding carboxylic acids is 1. The van der Waals surface area contributed by atoms with Gasteiger partial charge in [0, 0.05) is 30.5 Å². The van der Waals surface area contributed by atoms with E-state index < -0.39 is 5.41 Å². The van der Waals surface area contributed by atoms with Crippen LogP contribution in [-0.4, -0.2) is 49.8 Å². The van der Waals surface area contributed by atoms with Crippen LogP contribution in [0.3, 0.4) is 0 Å². The molecule has 1 amide bonds. The molecule has 5 rings (SSSR count).